The van der Waals surface area contributed by atoms with Crippen LogP contribution in [0.5, 0.6) is 0 Å². The van der Waals surface area contributed by atoms with Gasteiger partial charge in [-0.2, -0.15) is 18.3 Å². The van der Waals surface area contributed by atoms with Gasteiger partial charge in [0.2, 0.25) is 0 Å². The summed E-state index contributed by atoms with van der Waals surface area (Å²) in [4.78, 5) is 12.8. The average Bonchev–Trinajstić information content (AvgIpc) is 2.85. The topological polar surface area (TPSA) is 38.1 Å². The largest absolute Gasteiger partial charge is 0.406 e. The van der Waals surface area contributed by atoms with Crippen molar-refractivity contribution in [2.45, 2.75) is 12.7 Å². The number of hydrogen-bond donors (Lipinski definition) is 0. The van der Waals surface area contributed by atoms with Crippen molar-refractivity contribution in [3.05, 3.63) is 53.6 Å². The van der Waals surface area contributed by atoms with Crippen molar-refractivity contribution in [2.24, 2.45) is 7.05 Å². The summed E-state index contributed by atoms with van der Waals surface area (Å²) in [6, 6.07) is 6.28. The van der Waals surface area contributed by atoms with E-state index in [0.29, 0.717) is 10.5 Å². The van der Waals surface area contributed by atoms with Crippen molar-refractivity contribution >= 4 is 5.91 Å². The van der Waals surface area contributed by atoms with Gasteiger partial charge in [-0.3, -0.25) is 9.48 Å². The van der Waals surface area contributed by atoms with E-state index in [2.05, 4.69) is 5.10 Å². The molecule has 0 N–H and O–H groups in total. The monoisotopic (exact) mass is 315 g/mol. The molecular formula is C14H13F4N3O. The van der Waals surface area contributed by atoms with Crippen LogP contribution in [0.25, 0.3) is 0 Å². The number of halogens is 4. The Hall–Kier alpha value is -2.38. The van der Waals surface area contributed by atoms with Crippen LogP contribution in [-0.2, 0) is 13.6 Å². The van der Waals surface area contributed by atoms with Gasteiger partial charge in [0, 0.05) is 19.8 Å². The Bertz CT molecular complexity index is 649. The molecule has 0 saturated heterocycles. The van der Waals surface area contributed by atoms with E-state index in [4.69, 9.17) is 0 Å². The lowest BCUT2D eigenvalue weighted by Gasteiger charge is -2.23. The number of carbonyl (C=O) groups excluding carboxylic acids is 1. The van der Waals surface area contributed by atoms with Crippen LogP contribution >= 0.6 is 0 Å². The molecule has 2 aromatic rings. The number of amides is 1. The lowest BCUT2D eigenvalue weighted by Crippen LogP contribution is -2.38. The first-order valence-electron chi connectivity index (χ1n) is 6.35. The molecule has 0 spiro atoms. The molecule has 0 atom stereocenters. The summed E-state index contributed by atoms with van der Waals surface area (Å²) in [6.45, 7) is -1.69. The Morgan fingerprint density at radius 1 is 1.23 bits per heavy atom. The third-order valence-corrected chi connectivity index (χ3v) is 2.88. The zero-order valence-electron chi connectivity index (χ0n) is 11.6. The minimum absolute atomic E-state index is 0.0751. The van der Waals surface area contributed by atoms with Gasteiger partial charge in [0.05, 0.1) is 0 Å². The van der Waals surface area contributed by atoms with Crippen molar-refractivity contribution in [3.8, 4) is 0 Å². The van der Waals surface area contributed by atoms with Crippen LogP contribution in [0.2, 0.25) is 0 Å². The van der Waals surface area contributed by atoms with Crippen molar-refractivity contribution in [2.75, 3.05) is 6.54 Å². The molecule has 0 unspecified atom stereocenters. The van der Waals surface area contributed by atoms with Crippen molar-refractivity contribution < 1.29 is 22.4 Å². The molecule has 1 amide bonds. The average molecular weight is 315 g/mol. The van der Waals surface area contributed by atoms with E-state index in [-0.39, 0.29) is 12.2 Å². The second kappa shape index (κ2) is 6.17. The van der Waals surface area contributed by atoms with E-state index < -0.39 is 24.4 Å². The van der Waals surface area contributed by atoms with E-state index in [1.807, 2.05) is 0 Å². The number of hydrogen-bond acceptors (Lipinski definition) is 2. The summed E-state index contributed by atoms with van der Waals surface area (Å²) in [5.74, 6) is -1.33. The molecule has 0 fully saturated rings. The minimum Gasteiger partial charge on any atom is -0.324 e. The van der Waals surface area contributed by atoms with Gasteiger partial charge in [-0.1, -0.05) is 12.1 Å². The molecule has 2 rings (SSSR count). The van der Waals surface area contributed by atoms with Crippen LogP contribution in [0.15, 0.2) is 36.5 Å². The summed E-state index contributed by atoms with van der Waals surface area (Å²) in [7, 11) is 1.56. The Morgan fingerprint density at radius 2 is 1.86 bits per heavy atom. The van der Waals surface area contributed by atoms with Gasteiger partial charge >= 0.3 is 6.18 Å². The van der Waals surface area contributed by atoms with Gasteiger partial charge < -0.3 is 4.90 Å². The number of aryl methyl sites for hydroxylation is 1. The standard InChI is InChI=1S/C14H13F4N3O/c1-20-7-6-12(19-20)13(22)21(9-14(16,17)18)8-10-2-4-11(15)5-3-10/h2-7H,8-9H2,1H3. The lowest BCUT2D eigenvalue weighted by molar-refractivity contribution is -0.141. The molecular weight excluding hydrogens is 302 g/mol. The zero-order chi connectivity index (χ0) is 16.3. The highest BCUT2D eigenvalue weighted by Crippen LogP contribution is 2.20. The molecule has 1 heterocycles. The van der Waals surface area contributed by atoms with Gasteiger partial charge in [0.25, 0.3) is 5.91 Å². The third-order valence-electron chi connectivity index (χ3n) is 2.88. The molecule has 0 saturated carbocycles. The number of benzene rings is 1. The van der Waals surface area contributed by atoms with Crippen LogP contribution in [0.1, 0.15) is 16.1 Å². The quantitative estimate of drug-likeness (QED) is 0.814. The summed E-state index contributed by atoms with van der Waals surface area (Å²) < 4.78 is 52.2. The van der Waals surface area contributed by atoms with Gasteiger partial charge in [-0.05, 0) is 23.8 Å². The number of rotatable bonds is 4. The number of nitrogens with zero attached hydrogens (tertiary/aromatic N) is 3. The number of carbonyl (C=O) groups is 1. The highest BCUT2D eigenvalue weighted by molar-refractivity contribution is 5.92. The molecule has 22 heavy (non-hydrogen) atoms. The lowest BCUT2D eigenvalue weighted by atomic mass is 10.2. The van der Waals surface area contributed by atoms with E-state index in [1.54, 1.807) is 7.05 Å². The first-order chi connectivity index (χ1) is 10.2. The molecule has 4 nitrogen and oxygen atoms in total. The first-order valence-corrected chi connectivity index (χ1v) is 6.35. The summed E-state index contributed by atoms with van der Waals surface area (Å²) in [5.41, 5.74) is 0.323. The van der Waals surface area contributed by atoms with Gasteiger partial charge in [0.15, 0.2) is 0 Å². The number of aromatic nitrogens is 2. The predicted molar refractivity (Wildman–Crippen MR) is 70.4 cm³/mol. The van der Waals surface area contributed by atoms with E-state index >= 15 is 0 Å². The van der Waals surface area contributed by atoms with Gasteiger partial charge in [-0.15, -0.1) is 0 Å². The summed E-state index contributed by atoms with van der Waals surface area (Å²) >= 11 is 0. The maximum atomic E-state index is 12.8. The van der Waals surface area contributed by atoms with Crippen LogP contribution in [0.4, 0.5) is 17.6 Å². The molecule has 0 aliphatic heterocycles. The second-order valence-corrected chi connectivity index (χ2v) is 4.78. The fourth-order valence-electron chi connectivity index (χ4n) is 1.92. The van der Waals surface area contributed by atoms with Crippen LogP contribution in [-0.4, -0.2) is 33.3 Å². The second-order valence-electron chi connectivity index (χ2n) is 4.78. The Kier molecular flexibility index (Phi) is 4.48. The predicted octanol–water partition coefficient (Wildman–Crippen LogP) is 2.76. The molecule has 0 aliphatic rings. The first kappa shape index (κ1) is 16.0. The maximum absolute atomic E-state index is 12.8. The van der Waals surface area contributed by atoms with Crippen molar-refractivity contribution in [3.63, 3.8) is 0 Å². The van der Waals surface area contributed by atoms with Gasteiger partial charge in [0.1, 0.15) is 18.1 Å². The normalized spacial score (nSPS) is 11.5. The minimum atomic E-state index is -4.54. The molecule has 8 heteroatoms. The highest BCUT2D eigenvalue weighted by atomic mass is 19.4. The molecule has 0 radical (unpaired) electrons. The molecule has 0 bridgehead atoms. The molecule has 0 aliphatic carbocycles. The molecule has 1 aromatic carbocycles. The smallest absolute Gasteiger partial charge is 0.324 e. The zero-order valence-corrected chi connectivity index (χ0v) is 11.6. The SMILES string of the molecule is Cn1ccc(C(=O)N(Cc2ccc(F)cc2)CC(F)(F)F)n1. The van der Waals surface area contributed by atoms with Crippen molar-refractivity contribution in [1.29, 1.82) is 0 Å². The molecule has 118 valence electrons. The van der Waals surface area contributed by atoms with E-state index in [9.17, 15) is 22.4 Å². The highest BCUT2D eigenvalue weighted by Gasteiger charge is 2.34. The van der Waals surface area contributed by atoms with Crippen LogP contribution in [0, 0.1) is 5.82 Å². The van der Waals surface area contributed by atoms with Crippen LogP contribution < -0.4 is 0 Å². The number of alkyl halides is 3. The Labute approximate surface area is 124 Å². The third kappa shape index (κ3) is 4.31. The van der Waals surface area contributed by atoms with E-state index in [0.717, 1.165) is 12.1 Å². The maximum Gasteiger partial charge on any atom is 0.406 e. The fourth-order valence-corrected chi connectivity index (χ4v) is 1.92. The van der Waals surface area contributed by atoms with E-state index in [1.165, 1.54) is 29.1 Å². The fraction of sp³-hybridized carbons (Fsp3) is 0.286. The Morgan fingerprint density at radius 3 is 2.36 bits per heavy atom. The molecule has 1 aromatic heterocycles. The van der Waals surface area contributed by atoms with Crippen molar-refractivity contribution in [1.82, 2.24) is 14.7 Å². The summed E-state index contributed by atoms with van der Waals surface area (Å²) in [5, 5.41) is 3.82. The van der Waals surface area contributed by atoms with Crippen LogP contribution in [0.3, 0.4) is 0 Å². The Balaban J connectivity index is 2.22. The van der Waals surface area contributed by atoms with Gasteiger partial charge in [-0.25, -0.2) is 4.39 Å². The summed E-state index contributed by atoms with van der Waals surface area (Å²) in [6.07, 6.45) is -3.07.